The van der Waals surface area contributed by atoms with Gasteiger partial charge in [0, 0.05) is 20.3 Å². The van der Waals surface area contributed by atoms with E-state index in [0.29, 0.717) is 25.8 Å². The highest BCUT2D eigenvalue weighted by Gasteiger charge is 2.36. The van der Waals surface area contributed by atoms with Crippen molar-refractivity contribution in [2.45, 2.75) is 212 Å². The molecule has 64 heavy (non-hydrogen) atoms. The lowest BCUT2D eigenvalue weighted by Gasteiger charge is -2.29. The van der Waals surface area contributed by atoms with E-state index in [1.54, 1.807) is 0 Å². The number of nitrogens with two attached hydrogens (primary N) is 2. The largest absolute Gasteiger partial charge is 0.481 e. The van der Waals surface area contributed by atoms with Crippen molar-refractivity contribution in [3.05, 3.63) is 0 Å². The molecule has 0 aromatic rings. The van der Waals surface area contributed by atoms with E-state index >= 15 is 0 Å². The number of aliphatic carboxylic acids is 3. The van der Waals surface area contributed by atoms with E-state index in [-0.39, 0.29) is 38.1 Å². The molecule has 374 valence electrons. The van der Waals surface area contributed by atoms with Crippen LogP contribution in [0.2, 0.25) is 0 Å². The van der Waals surface area contributed by atoms with E-state index in [9.17, 15) is 49.2 Å². The average Bonchev–Trinajstić information content (AvgIpc) is 3.19. The fourth-order valence-electron chi connectivity index (χ4n) is 6.13. The second kappa shape index (κ2) is 40.1. The van der Waals surface area contributed by atoms with Crippen molar-refractivity contribution in [1.82, 2.24) is 26.6 Å². The SMILES string of the molecule is CC(=O)O.CC(=O)O.CCCCCCCCCCCCCCCC(=O)N[C@@H](CCCCN)C(=O)N[C@H](C(=O)N[C@H](C(=O)N[C@@H](CCCN)C(=O)N[C@H](C(=O)O)[C@@H](C)O)[C@@H](C)O)[C@@H](C)O. The van der Waals surface area contributed by atoms with Gasteiger partial charge < -0.3 is 68.7 Å². The normalized spacial score (nSPS) is 14.4. The Morgan fingerprint density at radius 3 is 1.14 bits per heavy atom. The summed E-state index contributed by atoms with van der Waals surface area (Å²) in [5.74, 6) is -7.22. The molecule has 0 fully saturated rings. The number of aliphatic hydroxyl groups excluding tert-OH is 3. The summed E-state index contributed by atoms with van der Waals surface area (Å²) in [5, 5.41) is 66.9. The van der Waals surface area contributed by atoms with Gasteiger partial charge >= 0.3 is 5.97 Å². The summed E-state index contributed by atoms with van der Waals surface area (Å²) in [6, 6.07) is -7.34. The molecule has 21 nitrogen and oxygen atoms in total. The van der Waals surface area contributed by atoms with Gasteiger partial charge in [0.2, 0.25) is 29.5 Å². The monoisotopic (exact) mass is 922 g/mol. The van der Waals surface area contributed by atoms with E-state index in [2.05, 4.69) is 33.5 Å². The van der Waals surface area contributed by atoms with Crippen LogP contribution in [0.15, 0.2) is 0 Å². The number of hydrogen-bond acceptors (Lipinski definition) is 13. The van der Waals surface area contributed by atoms with Crippen LogP contribution in [-0.4, -0.2) is 140 Å². The van der Waals surface area contributed by atoms with Gasteiger partial charge in [-0.1, -0.05) is 84.0 Å². The number of aliphatic hydroxyl groups is 3. The molecule has 0 rings (SSSR count). The Hall–Kier alpha value is -4.44. The van der Waals surface area contributed by atoms with Crippen molar-refractivity contribution in [2.24, 2.45) is 11.5 Å². The molecule has 8 atom stereocenters. The van der Waals surface area contributed by atoms with Crippen LogP contribution in [0.4, 0.5) is 0 Å². The molecule has 0 heterocycles. The predicted molar refractivity (Wildman–Crippen MR) is 240 cm³/mol. The number of carbonyl (C=O) groups excluding carboxylic acids is 5. The number of unbranched alkanes of at least 4 members (excludes halogenated alkanes) is 13. The Morgan fingerprint density at radius 2 is 0.766 bits per heavy atom. The lowest BCUT2D eigenvalue weighted by Crippen LogP contribution is -2.63. The van der Waals surface area contributed by atoms with Crippen molar-refractivity contribution in [3.8, 4) is 0 Å². The first-order valence-electron chi connectivity index (χ1n) is 22.6. The number of nitrogens with one attached hydrogen (secondary N) is 5. The minimum Gasteiger partial charge on any atom is -0.481 e. The predicted octanol–water partition coefficient (Wildman–Crippen LogP) is 1.17. The molecule has 0 unspecified atom stereocenters. The summed E-state index contributed by atoms with van der Waals surface area (Å²) in [5.41, 5.74) is 11.2. The lowest BCUT2D eigenvalue weighted by atomic mass is 10.0. The first-order valence-corrected chi connectivity index (χ1v) is 22.6. The molecule has 0 aliphatic carbocycles. The van der Waals surface area contributed by atoms with Gasteiger partial charge in [-0.25, -0.2) is 4.79 Å². The summed E-state index contributed by atoms with van der Waals surface area (Å²) >= 11 is 0. The van der Waals surface area contributed by atoms with Crippen LogP contribution in [-0.2, 0) is 38.4 Å². The smallest absolute Gasteiger partial charge is 0.328 e. The Bertz CT molecular complexity index is 1320. The third kappa shape index (κ3) is 36.0. The molecule has 0 saturated heterocycles. The van der Waals surface area contributed by atoms with Gasteiger partial charge in [-0.2, -0.15) is 0 Å². The standard InChI is InChI=1S/C39H75N7O10.2C2H4O2/c1-5-6-7-8-9-10-11-12-13-14-15-16-17-23-31(50)42-29(21-18-19-24-40)35(51)44-33(27(3)48)38(54)45-32(26(2)47)37(53)43-30(22-20-25-41)36(52)46-34(28(4)49)39(55)56;2*1-2(3)4/h26-30,32-34,47-49H,5-25,40-41H2,1-4H3,(H,42,50)(H,43,53)(H,44,51)(H,45,54)(H,46,52)(H,55,56);2*1H3,(H,3,4)/t26-,27-,28-,29+,30+,32+,33+,34+;;/m1../s1. The number of hydrogen-bond donors (Lipinski definition) is 13. The van der Waals surface area contributed by atoms with Crippen LogP contribution in [0, 0.1) is 0 Å². The molecular weight excluding hydrogens is 839 g/mol. The summed E-state index contributed by atoms with van der Waals surface area (Å²) < 4.78 is 0. The zero-order valence-electron chi connectivity index (χ0n) is 39.1. The van der Waals surface area contributed by atoms with Crippen LogP contribution in [0.25, 0.3) is 0 Å². The molecule has 0 saturated carbocycles. The van der Waals surface area contributed by atoms with Crippen LogP contribution >= 0.6 is 0 Å². The van der Waals surface area contributed by atoms with E-state index in [1.165, 1.54) is 78.6 Å². The van der Waals surface area contributed by atoms with Crippen molar-refractivity contribution in [3.63, 3.8) is 0 Å². The quantitative estimate of drug-likeness (QED) is 0.0403. The molecule has 5 amide bonds. The molecule has 0 aromatic carbocycles. The molecule has 0 spiro atoms. The molecule has 15 N–H and O–H groups in total. The Labute approximate surface area is 379 Å². The lowest BCUT2D eigenvalue weighted by molar-refractivity contribution is -0.145. The number of rotatable bonds is 34. The number of carboxylic acids is 3. The summed E-state index contributed by atoms with van der Waals surface area (Å²) in [6.45, 7) is 8.49. The zero-order valence-corrected chi connectivity index (χ0v) is 39.1. The van der Waals surface area contributed by atoms with Gasteiger partial charge in [0.25, 0.3) is 11.9 Å². The van der Waals surface area contributed by atoms with E-state index in [0.717, 1.165) is 33.1 Å². The first-order chi connectivity index (χ1) is 30.1. The van der Waals surface area contributed by atoms with Gasteiger partial charge in [-0.15, -0.1) is 0 Å². The molecule has 0 aromatic heterocycles. The maximum Gasteiger partial charge on any atom is 0.328 e. The number of carbonyl (C=O) groups is 8. The average molecular weight is 922 g/mol. The fourth-order valence-corrected chi connectivity index (χ4v) is 6.13. The molecular formula is C43H83N7O14. The zero-order chi connectivity index (χ0) is 49.6. The van der Waals surface area contributed by atoms with Gasteiger partial charge in [-0.05, 0) is 72.4 Å². The van der Waals surface area contributed by atoms with Crippen LogP contribution < -0.4 is 38.1 Å². The van der Waals surface area contributed by atoms with E-state index < -0.39 is 90.1 Å². The fraction of sp³-hybridized carbons (Fsp3) is 0.814. The summed E-state index contributed by atoms with van der Waals surface area (Å²) in [7, 11) is 0. The highest BCUT2D eigenvalue weighted by molar-refractivity contribution is 5.96. The molecule has 0 bridgehead atoms. The van der Waals surface area contributed by atoms with E-state index in [4.69, 9.17) is 31.3 Å². The Kier molecular flexibility index (Phi) is 40.0. The van der Waals surface area contributed by atoms with Crippen molar-refractivity contribution >= 4 is 47.4 Å². The Balaban J connectivity index is -0.00000425. The minimum atomic E-state index is -1.68. The van der Waals surface area contributed by atoms with Crippen LogP contribution in [0.1, 0.15) is 164 Å². The summed E-state index contributed by atoms with van der Waals surface area (Å²) in [6.07, 6.45) is 12.4. The minimum absolute atomic E-state index is 0.0380. The second-order valence-electron chi connectivity index (χ2n) is 15.9. The highest BCUT2D eigenvalue weighted by Crippen LogP contribution is 2.13. The maximum absolute atomic E-state index is 13.4. The maximum atomic E-state index is 13.4. The molecule has 21 heteroatoms. The van der Waals surface area contributed by atoms with Crippen molar-refractivity contribution in [1.29, 1.82) is 0 Å². The van der Waals surface area contributed by atoms with Crippen LogP contribution in [0.3, 0.4) is 0 Å². The van der Waals surface area contributed by atoms with Gasteiger partial charge in [0.05, 0.1) is 18.3 Å². The molecule has 0 radical (unpaired) electrons. The highest BCUT2D eigenvalue weighted by atomic mass is 16.4. The van der Waals surface area contributed by atoms with E-state index in [1.807, 2.05) is 0 Å². The summed E-state index contributed by atoms with van der Waals surface area (Å²) in [4.78, 5) is 95.5. The van der Waals surface area contributed by atoms with Crippen molar-refractivity contribution < 1.29 is 69.0 Å². The number of carboxylic acid groups (broad SMARTS) is 3. The molecule has 0 aliphatic heterocycles. The second-order valence-corrected chi connectivity index (χ2v) is 15.9. The molecule has 0 aliphatic rings. The van der Waals surface area contributed by atoms with Crippen LogP contribution in [0.5, 0.6) is 0 Å². The topological polar surface area (TPSA) is 370 Å². The first kappa shape index (κ1) is 63.8. The Morgan fingerprint density at radius 1 is 0.438 bits per heavy atom. The van der Waals surface area contributed by atoms with Crippen molar-refractivity contribution in [2.75, 3.05) is 13.1 Å². The van der Waals surface area contributed by atoms with Gasteiger partial charge in [-0.3, -0.25) is 33.6 Å². The third-order valence-electron chi connectivity index (χ3n) is 9.61. The third-order valence-corrected chi connectivity index (χ3v) is 9.61. The van der Waals surface area contributed by atoms with Gasteiger partial charge in [0.15, 0.2) is 6.04 Å². The van der Waals surface area contributed by atoms with Gasteiger partial charge in [0.1, 0.15) is 24.2 Å². The number of amides is 5.